The van der Waals surface area contributed by atoms with Gasteiger partial charge in [-0.1, -0.05) is 147 Å². The summed E-state index contributed by atoms with van der Waals surface area (Å²) in [6, 6.07) is 55.6. The van der Waals surface area contributed by atoms with Gasteiger partial charge in [0.2, 0.25) is 0 Å². The average Bonchev–Trinajstić information content (AvgIpc) is 3.17. The average molecular weight is 658 g/mol. The summed E-state index contributed by atoms with van der Waals surface area (Å²) in [7, 11) is 0. The number of nitriles is 1. The first-order valence-corrected chi connectivity index (χ1v) is 17.6. The van der Waals surface area contributed by atoms with E-state index in [1.165, 1.54) is 37.6 Å². The summed E-state index contributed by atoms with van der Waals surface area (Å²) in [5.41, 5.74) is 9.92. The third-order valence-electron chi connectivity index (χ3n) is 9.99. The number of rotatable bonds is 4. The first-order chi connectivity index (χ1) is 24.5. The fourth-order valence-electron chi connectivity index (χ4n) is 7.33. The minimum atomic E-state index is -0.272. The molecule has 0 amide bonds. The summed E-state index contributed by atoms with van der Waals surface area (Å²) in [5.74, 6) is 0.686. The van der Waals surface area contributed by atoms with Crippen LogP contribution in [0.15, 0.2) is 161 Å². The summed E-state index contributed by atoms with van der Waals surface area (Å²) in [4.78, 5) is 12.7. The third kappa shape index (κ3) is 4.98. The molecule has 4 heteroatoms. The van der Waals surface area contributed by atoms with E-state index in [4.69, 9.17) is 9.97 Å². The number of hydrogen-bond donors (Lipinski definition) is 0. The predicted molar refractivity (Wildman–Crippen MR) is 206 cm³/mol. The summed E-state index contributed by atoms with van der Waals surface area (Å²) in [6.07, 6.45) is 0. The number of hydrogen-bond acceptors (Lipinski definition) is 4. The van der Waals surface area contributed by atoms with E-state index in [1.54, 1.807) is 11.8 Å². The SMILES string of the molecule is CC1(C)c2cc(-c3ccccc3-c3nc(-c4ccccc4)cc(-c4ccc5c(ccc6ccccc65)c4)n3)ccc2Sc2c(C#N)cccc21. The van der Waals surface area contributed by atoms with Gasteiger partial charge in [0.05, 0.1) is 17.0 Å². The molecule has 50 heavy (non-hydrogen) atoms. The normalized spacial score (nSPS) is 13.1. The largest absolute Gasteiger partial charge is 0.228 e. The van der Waals surface area contributed by atoms with Gasteiger partial charge < -0.3 is 0 Å². The Morgan fingerprint density at radius 2 is 1.24 bits per heavy atom. The Morgan fingerprint density at radius 1 is 0.540 bits per heavy atom. The quantitative estimate of drug-likeness (QED) is 0.177. The molecule has 7 aromatic carbocycles. The van der Waals surface area contributed by atoms with E-state index >= 15 is 0 Å². The highest BCUT2D eigenvalue weighted by molar-refractivity contribution is 7.99. The van der Waals surface area contributed by atoms with Crippen LogP contribution >= 0.6 is 11.8 Å². The van der Waals surface area contributed by atoms with Crippen LogP contribution in [0, 0.1) is 11.3 Å². The zero-order valence-corrected chi connectivity index (χ0v) is 28.5. The van der Waals surface area contributed by atoms with Gasteiger partial charge >= 0.3 is 0 Å². The van der Waals surface area contributed by atoms with Gasteiger partial charge in [0.25, 0.3) is 0 Å². The van der Waals surface area contributed by atoms with Crippen LogP contribution in [0.25, 0.3) is 66.6 Å². The van der Waals surface area contributed by atoms with Gasteiger partial charge in [0, 0.05) is 31.9 Å². The summed E-state index contributed by atoms with van der Waals surface area (Å²) < 4.78 is 0. The first kappa shape index (κ1) is 30.1. The Labute approximate surface area is 295 Å². The van der Waals surface area contributed by atoms with Crippen molar-refractivity contribution in [3.05, 3.63) is 168 Å². The molecule has 0 N–H and O–H groups in total. The van der Waals surface area contributed by atoms with Crippen LogP contribution in [0.5, 0.6) is 0 Å². The zero-order chi connectivity index (χ0) is 33.8. The van der Waals surface area contributed by atoms with E-state index in [2.05, 4.69) is 153 Å². The summed E-state index contributed by atoms with van der Waals surface area (Å²) in [6.45, 7) is 4.51. The predicted octanol–water partition coefficient (Wildman–Crippen LogP) is 12.1. The molecule has 1 aliphatic rings. The van der Waals surface area contributed by atoms with Crippen molar-refractivity contribution >= 4 is 33.3 Å². The zero-order valence-electron chi connectivity index (χ0n) is 27.7. The van der Waals surface area contributed by atoms with E-state index < -0.39 is 0 Å². The molecule has 0 saturated carbocycles. The molecule has 8 aromatic rings. The molecule has 0 radical (unpaired) electrons. The number of nitrogens with zero attached hydrogens (tertiary/aromatic N) is 3. The molecule has 1 aliphatic heterocycles. The molecule has 0 bridgehead atoms. The van der Waals surface area contributed by atoms with Crippen molar-refractivity contribution in [1.29, 1.82) is 5.26 Å². The van der Waals surface area contributed by atoms with Crippen molar-refractivity contribution in [1.82, 2.24) is 9.97 Å². The van der Waals surface area contributed by atoms with Gasteiger partial charge in [-0.3, -0.25) is 0 Å². The second-order valence-electron chi connectivity index (χ2n) is 13.3. The van der Waals surface area contributed by atoms with Crippen LogP contribution in [0.2, 0.25) is 0 Å². The topological polar surface area (TPSA) is 49.6 Å². The fourth-order valence-corrected chi connectivity index (χ4v) is 8.77. The lowest BCUT2D eigenvalue weighted by Gasteiger charge is -2.35. The van der Waals surface area contributed by atoms with Gasteiger partial charge in [-0.05, 0) is 74.1 Å². The van der Waals surface area contributed by atoms with Gasteiger partial charge in [-0.25, -0.2) is 9.97 Å². The number of benzene rings is 7. The third-order valence-corrected chi connectivity index (χ3v) is 11.2. The minimum absolute atomic E-state index is 0.272. The Bertz CT molecular complexity index is 2670. The smallest absolute Gasteiger partial charge is 0.161 e. The van der Waals surface area contributed by atoms with Crippen LogP contribution in [0.3, 0.4) is 0 Å². The lowest BCUT2D eigenvalue weighted by molar-refractivity contribution is 0.607. The van der Waals surface area contributed by atoms with Crippen LogP contribution in [-0.4, -0.2) is 9.97 Å². The van der Waals surface area contributed by atoms with Crippen LogP contribution < -0.4 is 0 Å². The van der Waals surface area contributed by atoms with Crippen LogP contribution in [0.4, 0.5) is 0 Å². The Morgan fingerprint density at radius 3 is 2.08 bits per heavy atom. The lowest BCUT2D eigenvalue weighted by Crippen LogP contribution is -2.24. The molecule has 0 unspecified atom stereocenters. The molecule has 0 aliphatic carbocycles. The molecule has 9 rings (SSSR count). The van der Waals surface area contributed by atoms with Crippen molar-refractivity contribution in [2.75, 3.05) is 0 Å². The molecular weight excluding hydrogens is 627 g/mol. The standard InChI is InChI=1S/C46H31N3S/c1-46(2)39-18-10-14-34(28-47)44(39)50-43-24-22-32(26-40(43)46)36-16-8-9-17-38(36)45-48-41(30-12-4-3-5-13-30)27-42(49-45)33-21-23-37-31(25-33)20-19-29-11-6-7-15-35(29)37/h3-27H,1-2H3. The molecule has 2 heterocycles. The van der Waals surface area contributed by atoms with E-state index in [9.17, 15) is 5.26 Å². The van der Waals surface area contributed by atoms with E-state index in [1.807, 2.05) is 18.2 Å². The van der Waals surface area contributed by atoms with Crippen LogP contribution in [0.1, 0.15) is 30.5 Å². The molecule has 0 fully saturated rings. The second kappa shape index (κ2) is 11.8. The van der Waals surface area contributed by atoms with Crippen molar-refractivity contribution in [2.24, 2.45) is 0 Å². The van der Waals surface area contributed by atoms with Crippen molar-refractivity contribution in [2.45, 2.75) is 29.1 Å². The molecular formula is C46H31N3S. The Balaban J connectivity index is 1.20. The molecule has 0 saturated heterocycles. The highest BCUT2D eigenvalue weighted by Gasteiger charge is 2.34. The lowest BCUT2D eigenvalue weighted by atomic mass is 9.76. The summed E-state index contributed by atoms with van der Waals surface area (Å²) in [5, 5.41) is 14.7. The molecule has 236 valence electrons. The maximum Gasteiger partial charge on any atom is 0.161 e. The van der Waals surface area contributed by atoms with Crippen molar-refractivity contribution < 1.29 is 0 Å². The van der Waals surface area contributed by atoms with Gasteiger partial charge in [0.15, 0.2) is 5.82 Å². The molecule has 0 atom stereocenters. The highest BCUT2D eigenvalue weighted by Crippen LogP contribution is 2.51. The van der Waals surface area contributed by atoms with Crippen molar-refractivity contribution in [3.8, 4) is 51.1 Å². The number of fused-ring (bicyclic) bond motifs is 5. The highest BCUT2D eigenvalue weighted by atomic mass is 32.2. The summed E-state index contributed by atoms with van der Waals surface area (Å²) >= 11 is 1.69. The van der Waals surface area contributed by atoms with Gasteiger partial charge in [-0.15, -0.1) is 0 Å². The molecule has 1 aromatic heterocycles. The maximum atomic E-state index is 9.84. The first-order valence-electron chi connectivity index (χ1n) is 16.8. The number of aromatic nitrogens is 2. The Hall–Kier alpha value is -6.02. The second-order valence-corrected chi connectivity index (χ2v) is 14.4. The van der Waals surface area contributed by atoms with Gasteiger partial charge in [-0.2, -0.15) is 5.26 Å². The van der Waals surface area contributed by atoms with Crippen LogP contribution in [-0.2, 0) is 5.41 Å². The van der Waals surface area contributed by atoms with E-state index in [0.29, 0.717) is 5.82 Å². The molecule has 3 nitrogen and oxygen atoms in total. The maximum absolute atomic E-state index is 9.84. The monoisotopic (exact) mass is 657 g/mol. The van der Waals surface area contributed by atoms with Gasteiger partial charge in [0.1, 0.15) is 6.07 Å². The Kier molecular flexibility index (Phi) is 7.12. The van der Waals surface area contributed by atoms with Crippen molar-refractivity contribution in [3.63, 3.8) is 0 Å². The van der Waals surface area contributed by atoms with E-state index in [-0.39, 0.29) is 5.41 Å². The van der Waals surface area contributed by atoms with E-state index in [0.717, 1.165) is 49.7 Å². The minimum Gasteiger partial charge on any atom is -0.228 e. The fraction of sp³-hybridized carbons (Fsp3) is 0.0652. The molecule has 0 spiro atoms.